The van der Waals surface area contributed by atoms with Crippen LogP contribution < -0.4 is 10.5 Å². The molecular weight excluding hydrogens is 284 g/mol. The van der Waals surface area contributed by atoms with Crippen LogP contribution in [0.1, 0.15) is 37.3 Å². The molecule has 6 heteroatoms. The summed E-state index contributed by atoms with van der Waals surface area (Å²) < 4.78 is 27.1. The van der Waals surface area contributed by atoms with Crippen LogP contribution in [0.25, 0.3) is 0 Å². The van der Waals surface area contributed by atoms with Gasteiger partial charge in [0.2, 0.25) is 10.0 Å². The van der Waals surface area contributed by atoms with Crippen LogP contribution in [0.15, 0.2) is 17.0 Å². The van der Waals surface area contributed by atoms with Crippen LogP contribution in [0.3, 0.4) is 0 Å². The van der Waals surface area contributed by atoms with Gasteiger partial charge in [0, 0.05) is 18.1 Å². The van der Waals surface area contributed by atoms with Crippen molar-refractivity contribution in [3.05, 3.63) is 28.3 Å². The third kappa shape index (κ3) is 4.45. The van der Waals surface area contributed by atoms with Gasteiger partial charge in [0.25, 0.3) is 0 Å². The van der Waals surface area contributed by atoms with Gasteiger partial charge < -0.3 is 5.73 Å². The quantitative estimate of drug-likeness (QED) is 0.761. The van der Waals surface area contributed by atoms with E-state index in [0.29, 0.717) is 17.1 Å². The zero-order valence-corrected chi connectivity index (χ0v) is 12.9. The molecule has 0 fully saturated rings. The van der Waals surface area contributed by atoms with Crippen LogP contribution in [0.4, 0.5) is 0 Å². The third-order valence-corrected chi connectivity index (χ3v) is 4.82. The van der Waals surface area contributed by atoms with E-state index in [4.69, 9.17) is 17.3 Å². The van der Waals surface area contributed by atoms with Gasteiger partial charge in [-0.15, -0.1) is 0 Å². The van der Waals surface area contributed by atoms with Crippen molar-refractivity contribution >= 4 is 21.6 Å². The molecule has 0 atom stereocenters. The maximum Gasteiger partial charge on any atom is 0.240 e. The first kappa shape index (κ1) is 16.4. The van der Waals surface area contributed by atoms with Crippen molar-refractivity contribution in [3.8, 4) is 0 Å². The maximum absolute atomic E-state index is 12.2. The number of unbranched alkanes of at least 4 members (excludes halogenated alkanes) is 2. The van der Waals surface area contributed by atoms with Crippen LogP contribution in [0.5, 0.6) is 0 Å². The van der Waals surface area contributed by atoms with Gasteiger partial charge in [-0.25, -0.2) is 13.1 Å². The number of benzene rings is 1. The Hall–Kier alpha value is -0.620. The Kier molecular flexibility index (Phi) is 6.26. The second-order valence-electron chi connectivity index (χ2n) is 4.50. The molecule has 1 aromatic rings. The minimum atomic E-state index is -3.52. The summed E-state index contributed by atoms with van der Waals surface area (Å²) in [5.41, 5.74) is 7.01. The van der Waals surface area contributed by atoms with Gasteiger partial charge in [0.15, 0.2) is 0 Å². The molecule has 0 radical (unpaired) electrons. The Balaban J connectivity index is 2.98. The maximum atomic E-state index is 12.2. The predicted molar refractivity (Wildman–Crippen MR) is 78.8 cm³/mol. The van der Waals surface area contributed by atoms with E-state index in [1.807, 2.05) is 0 Å². The van der Waals surface area contributed by atoms with Crippen LogP contribution in [0, 0.1) is 6.92 Å². The van der Waals surface area contributed by atoms with E-state index >= 15 is 0 Å². The lowest BCUT2D eigenvalue weighted by molar-refractivity contribution is 0.575. The van der Waals surface area contributed by atoms with Crippen molar-refractivity contribution in [1.82, 2.24) is 4.72 Å². The molecule has 0 aliphatic carbocycles. The topological polar surface area (TPSA) is 72.2 Å². The van der Waals surface area contributed by atoms with Crippen molar-refractivity contribution in [2.45, 2.75) is 44.6 Å². The number of halogens is 1. The second-order valence-corrected chi connectivity index (χ2v) is 6.67. The zero-order valence-electron chi connectivity index (χ0n) is 11.4. The smallest absolute Gasteiger partial charge is 0.240 e. The highest BCUT2D eigenvalue weighted by molar-refractivity contribution is 7.89. The van der Waals surface area contributed by atoms with E-state index in [0.717, 1.165) is 24.8 Å². The minimum absolute atomic E-state index is 0.219. The molecule has 1 aromatic carbocycles. The summed E-state index contributed by atoms with van der Waals surface area (Å²) in [7, 11) is -3.52. The van der Waals surface area contributed by atoms with Crippen LogP contribution in [0.2, 0.25) is 5.02 Å². The lowest BCUT2D eigenvalue weighted by Crippen LogP contribution is -2.26. The van der Waals surface area contributed by atoms with E-state index in [9.17, 15) is 8.42 Å². The monoisotopic (exact) mass is 304 g/mol. The molecule has 4 nitrogen and oxygen atoms in total. The number of sulfonamides is 1. The van der Waals surface area contributed by atoms with Crippen molar-refractivity contribution in [2.75, 3.05) is 6.54 Å². The van der Waals surface area contributed by atoms with Gasteiger partial charge in [0.1, 0.15) is 0 Å². The summed E-state index contributed by atoms with van der Waals surface area (Å²) in [5, 5.41) is 0.389. The Morgan fingerprint density at radius 3 is 2.58 bits per heavy atom. The van der Waals surface area contributed by atoms with Gasteiger partial charge in [-0.05, 0) is 36.6 Å². The molecule has 108 valence electrons. The molecule has 0 aromatic heterocycles. The molecule has 0 saturated carbocycles. The standard InChI is InChI=1S/C13H21ClN2O2S/c1-3-4-5-6-16-19(17,18)13-8-12(14)7-11(9-15)10(13)2/h7-8,16H,3-6,9,15H2,1-2H3. The fourth-order valence-corrected chi connectivity index (χ4v) is 3.55. The van der Waals surface area contributed by atoms with Gasteiger partial charge in [-0.1, -0.05) is 31.4 Å². The van der Waals surface area contributed by atoms with Gasteiger partial charge in [0.05, 0.1) is 4.90 Å². The van der Waals surface area contributed by atoms with Crippen LogP contribution >= 0.6 is 11.6 Å². The van der Waals surface area contributed by atoms with Crippen molar-refractivity contribution < 1.29 is 8.42 Å². The normalized spacial score (nSPS) is 11.8. The summed E-state index contributed by atoms with van der Waals surface area (Å²) >= 11 is 5.94. The molecule has 3 N–H and O–H groups in total. The first-order valence-corrected chi connectivity index (χ1v) is 8.27. The summed E-state index contributed by atoms with van der Waals surface area (Å²) in [5.74, 6) is 0. The van der Waals surface area contributed by atoms with E-state index in [2.05, 4.69) is 11.6 Å². The highest BCUT2D eigenvalue weighted by Crippen LogP contribution is 2.24. The number of nitrogens with two attached hydrogens (primary N) is 1. The number of hydrogen-bond donors (Lipinski definition) is 2. The number of rotatable bonds is 7. The highest BCUT2D eigenvalue weighted by Gasteiger charge is 2.18. The fourth-order valence-electron chi connectivity index (χ4n) is 1.86. The molecule has 0 aliphatic rings. The Labute approximate surface area is 120 Å². The van der Waals surface area contributed by atoms with Gasteiger partial charge in [-0.2, -0.15) is 0 Å². The molecule has 19 heavy (non-hydrogen) atoms. The highest BCUT2D eigenvalue weighted by atomic mass is 35.5. The number of nitrogens with one attached hydrogen (secondary N) is 1. The Morgan fingerprint density at radius 2 is 2.00 bits per heavy atom. The molecule has 0 spiro atoms. The summed E-state index contributed by atoms with van der Waals surface area (Å²) in [6.07, 6.45) is 2.89. The summed E-state index contributed by atoms with van der Waals surface area (Å²) in [6, 6.07) is 3.17. The third-order valence-electron chi connectivity index (χ3n) is 3.01. The van der Waals surface area contributed by atoms with Gasteiger partial charge >= 0.3 is 0 Å². The zero-order chi connectivity index (χ0) is 14.5. The first-order chi connectivity index (χ1) is 8.92. The molecule has 0 bridgehead atoms. The largest absolute Gasteiger partial charge is 0.326 e. The SMILES string of the molecule is CCCCCNS(=O)(=O)c1cc(Cl)cc(CN)c1C. The first-order valence-electron chi connectivity index (χ1n) is 6.41. The van der Waals surface area contributed by atoms with Gasteiger partial charge in [-0.3, -0.25) is 0 Å². The molecule has 0 amide bonds. The molecule has 0 aliphatic heterocycles. The lowest BCUT2D eigenvalue weighted by Gasteiger charge is -2.12. The minimum Gasteiger partial charge on any atom is -0.326 e. The average Bonchev–Trinajstić information content (AvgIpc) is 2.37. The van der Waals surface area contributed by atoms with Crippen molar-refractivity contribution in [2.24, 2.45) is 5.73 Å². The van der Waals surface area contributed by atoms with E-state index < -0.39 is 10.0 Å². The van der Waals surface area contributed by atoms with Crippen molar-refractivity contribution in [1.29, 1.82) is 0 Å². The summed E-state index contributed by atoms with van der Waals surface area (Å²) in [4.78, 5) is 0.219. The molecular formula is C13H21ClN2O2S. The van der Waals surface area contributed by atoms with Crippen LogP contribution in [-0.4, -0.2) is 15.0 Å². The Morgan fingerprint density at radius 1 is 1.32 bits per heavy atom. The van der Waals surface area contributed by atoms with Crippen LogP contribution in [-0.2, 0) is 16.6 Å². The second kappa shape index (κ2) is 7.24. The molecule has 0 saturated heterocycles. The van der Waals surface area contributed by atoms with E-state index in [1.165, 1.54) is 6.07 Å². The molecule has 1 rings (SSSR count). The van der Waals surface area contributed by atoms with Crippen molar-refractivity contribution in [3.63, 3.8) is 0 Å². The number of hydrogen-bond acceptors (Lipinski definition) is 3. The molecule has 0 unspecified atom stereocenters. The summed E-state index contributed by atoms with van der Waals surface area (Å²) in [6.45, 7) is 4.53. The van der Waals surface area contributed by atoms with E-state index in [1.54, 1.807) is 13.0 Å². The molecule has 0 heterocycles. The fraction of sp³-hybridized carbons (Fsp3) is 0.538. The predicted octanol–water partition coefficient (Wildman–Crippen LogP) is 2.58. The lowest BCUT2D eigenvalue weighted by atomic mass is 10.1. The Bertz CT molecular complexity index is 530. The average molecular weight is 305 g/mol. The van der Waals surface area contributed by atoms with E-state index in [-0.39, 0.29) is 11.4 Å².